The Kier molecular flexibility index (Phi) is 3.89. The maximum Gasteiger partial charge on any atom is 0.251 e. The summed E-state index contributed by atoms with van der Waals surface area (Å²) in [4.78, 5) is 14.8. The van der Waals surface area contributed by atoms with Crippen molar-refractivity contribution in [3.8, 4) is 0 Å². The van der Waals surface area contributed by atoms with Crippen LogP contribution in [0.25, 0.3) is 0 Å². The second kappa shape index (κ2) is 6.06. The van der Waals surface area contributed by atoms with Crippen LogP contribution in [0.15, 0.2) is 42.5 Å². The van der Waals surface area contributed by atoms with Gasteiger partial charge < -0.3 is 5.32 Å². The summed E-state index contributed by atoms with van der Waals surface area (Å²) in [5, 5.41) is 3.11. The number of nitrogens with zero attached hydrogens (tertiary/aromatic N) is 1. The lowest BCUT2D eigenvalue weighted by molar-refractivity contribution is 0.0951. The molecule has 3 nitrogen and oxygen atoms in total. The molecular weight excluding hydrogens is 296 g/mol. The van der Waals surface area contributed by atoms with Gasteiger partial charge in [-0.3, -0.25) is 9.69 Å². The fraction of sp³-hybridized carbons (Fsp3) is 0.381. The summed E-state index contributed by atoms with van der Waals surface area (Å²) < 4.78 is 0. The van der Waals surface area contributed by atoms with Crippen LogP contribution in [0.3, 0.4) is 0 Å². The predicted octanol–water partition coefficient (Wildman–Crippen LogP) is 3.26. The number of carbonyl (C=O) groups excluding carboxylic acids is 1. The van der Waals surface area contributed by atoms with Crippen LogP contribution in [0.2, 0.25) is 0 Å². The van der Waals surface area contributed by atoms with Crippen molar-refractivity contribution in [1.82, 2.24) is 10.2 Å². The third kappa shape index (κ3) is 2.73. The van der Waals surface area contributed by atoms with Crippen LogP contribution in [-0.4, -0.2) is 30.4 Å². The van der Waals surface area contributed by atoms with Crippen molar-refractivity contribution < 1.29 is 4.79 Å². The van der Waals surface area contributed by atoms with E-state index in [2.05, 4.69) is 54.4 Å². The molecule has 2 aromatic rings. The number of rotatable bonds is 2. The highest BCUT2D eigenvalue weighted by molar-refractivity contribution is 5.96. The predicted molar refractivity (Wildman–Crippen MR) is 96.2 cm³/mol. The van der Waals surface area contributed by atoms with Gasteiger partial charge in [-0.15, -0.1) is 0 Å². The van der Waals surface area contributed by atoms with E-state index in [1.165, 1.54) is 22.3 Å². The van der Waals surface area contributed by atoms with E-state index < -0.39 is 0 Å². The summed E-state index contributed by atoms with van der Waals surface area (Å²) in [5.74, 6) is 1.04. The van der Waals surface area contributed by atoms with Crippen molar-refractivity contribution >= 4 is 5.91 Å². The molecule has 24 heavy (non-hydrogen) atoms. The average Bonchev–Trinajstić information content (AvgIpc) is 2.93. The molecule has 2 aliphatic rings. The third-order valence-corrected chi connectivity index (χ3v) is 5.54. The molecule has 1 saturated heterocycles. The van der Waals surface area contributed by atoms with Gasteiger partial charge in [0.2, 0.25) is 0 Å². The van der Waals surface area contributed by atoms with Crippen LogP contribution in [0, 0.1) is 19.8 Å². The SMILES string of the molecule is Cc1ccc(C)c(CN2C[C@H]3CNC(=O)c4ccccc4[C@@H]3C2)c1. The molecule has 0 radical (unpaired) electrons. The Labute approximate surface area is 143 Å². The van der Waals surface area contributed by atoms with Gasteiger partial charge in [0, 0.05) is 37.7 Å². The van der Waals surface area contributed by atoms with Crippen molar-refractivity contribution in [2.75, 3.05) is 19.6 Å². The van der Waals surface area contributed by atoms with Crippen LogP contribution in [0.4, 0.5) is 0 Å². The van der Waals surface area contributed by atoms with Crippen molar-refractivity contribution in [2.24, 2.45) is 5.92 Å². The molecule has 0 saturated carbocycles. The first-order chi connectivity index (χ1) is 11.6. The first kappa shape index (κ1) is 15.4. The number of likely N-dealkylation sites (tertiary alicyclic amines) is 1. The van der Waals surface area contributed by atoms with Gasteiger partial charge in [-0.1, -0.05) is 42.0 Å². The third-order valence-electron chi connectivity index (χ3n) is 5.54. The van der Waals surface area contributed by atoms with E-state index in [0.717, 1.165) is 31.7 Å². The molecule has 1 amide bonds. The van der Waals surface area contributed by atoms with Gasteiger partial charge in [-0.05, 0) is 42.5 Å². The van der Waals surface area contributed by atoms with Gasteiger partial charge >= 0.3 is 0 Å². The van der Waals surface area contributed by atoms with Gasteiger partial charge in [0.15, 0.2) is 0 Å². The van der Waals surface area contributed by atoms with Crippen LogP contribution < -0.4 is 5.32 Å². The fourth-order valence-corrected chi connectivity index (χ4v) is 4.21. The zero-order chi connectivity index (χ0) is 16.7. The number of hydrogen-bond acceptors (Lipinski definition) is 2. The summed E-state index contributed by atoms with van der Waals surface area (Å²) in [6.45, 7) is 8.20. The van der Waals surface area contributed by atoms with E-state index in [1.54, 1.807) is 0 Å². The van der Waals surface area contributed by atoms with E-state index in [0.29, 0.717) is 11.8 Å². The van der Waals surface area contributed by atoms with E-state index in [-0.39, 0.29) is 5.91 Å². The minimum Gasteiger partial charge on any atom is -0.352 e. The van der Waals surface area contributed by atoms with E-state index >= 15 is 0 Å². The number of hydrogen-bond donors (Lipinski definition) is 1. The van der Waals surface area contributed by atoms with Gasteiger partial charge in [0.05, 0.1) is 0 Å². The summed E-state index contributed by atoms with van der Waals surface area (Å²) in [5.41, 5.74) is 6.19. The minimum atomic E-state index is 0.0843. The normalized spacial score (nSPS) is 23.3. The van der Waals surface area contributed by atoms with E-state index in [9.17, 15) is 4.79 Å². The van der Waals surface area contributed by atoms with E-state index in [1.807, 2.05) is 12.1 Å². The first-order valence-corrected chi connectivity index (χ1v) is 8.77. The highest BCUT2D eigenvalue weighted by Crippen LogP contribution is 2.36. The van der Waals surface area contributed by atoms with Gasteiger partial charge in [-0.2, -0.15) is 0 Å². The standard InChI is InChI=1S/C21H24N2O/c1-14-7-8-15(2)16(9-14)11-23-12-17-10-22-21(24)19-6-4-3-5-18(19)20(17)13-23/h3-9,17,20H,10-13H2,1-2H3,(H,22,24)/t17-,20-/m1/s1. The van der Waals surface area contributed by atoms with Gasteiger partial charge in [-0.25, -0.2) is 0 Å². The summed E-state index contributed by atoms with van der Waals surface area (Å²) in [6.07, 6.45) is 0. The largest absolute Gasteiger partial charge is 0.352 e. The number of nitrogens with one attached hydrogen (secondary N) is 1. The molecular formula is C21H24N2O. The molecule has 1 fully saturated rings. The van der Waals surface area contributed by atoms with Crippen molar-refractivity contribution in [1.29, 1.82) is 0 Å². The van der Waals surface area contributed by atoms with Crippen LogP contribution >= 0.6 is 0 Å². The Hall–Kier alpha value is -2.13. The molecule has 4 rings (SSSR count). The first-order valence-electron chi connectivity index (χ1n) is 8.77. The molecule has 3 heteroatoms. The number of aryl methyl sites for hydroxylation is 2. The molecule has 0 aromatic heterocycles. The number of benzene rings is 2. The topological polar surface area (TPSA) is 32.3 Å². The molecule has 2 aliphatic heterocycles. The quantitative estimate of drug-likeness (QED) is 0.921. The lowest BCUT2D eigenvalue weighted by Crippen LogP contribution is -2.29. The van der Waals surface area contributed by atoms with Crippen LogP contribution in [-0.2, 0) is 6.54 Å². The summed E-state index contributed by atoms with van der Waals surface area (Å²) in [7, 11) is 0. The second-order valence-corrected chi connectivity index (χ2v) is 7.29. The summed E-state index contributed by atoms with van der Waals surface area (Å²) >= 11 is 0. The molecule has 124 valence electrons. The molecule has 0 aliphatic carbocycles. The Balaban J connectivity index is 1.59. The number of fused-ring (bicyclic) bond motifs is 3. The summed E-state index contributed by atoms with van der Waals surface area (Å²) in [6, 6.07) is 14.8. The lowest BCUT2D eigenvalue weighted by Gasteiger charge is -2.19. The van der Waals surface area contributed by atoms with Crippen LogP contribution in [0.1, 0.15) is 38.5 Å². The maximum atomic E-state index is 12.3. The Bertz CT molecular complexity index is 783. The average molecular weight is 320 g/mol. The van der Waals surface area contributed by atoms with Gasteiger partial charge in [0.1, 0.15) is 0 Å². The van der Waals surface area contributed by atoms with Crippen molar-refractivity contribution in [2.45, 2.75) is 26.3 Å². The molecule has 1 N–H and O–H groups in total. The highest BCUT2D eigenvalue weighted by Gasteiger charge is 2.37. The molecule has 2 heterocycles. The zero-order valence-electron chi connectivity index (χ0n) is 14.4. The maximum absolute atomic E-state index is 12.3. The van der Waals surface area contributed by atoms with Gasteiger partial charge in [0.25, 0.3) is 5.91 Å². The lowest BCUT2D eigenvalue weighted by atomic mass is 9.87. The monoisotopic (exact) mass is 320 g/mol. The zero-order valence-corrected chi connectivity index (χ0v) is 14.4. The molecule has 0 spiro atoms. The fourth-order valence-electron chi connectivity index (χ4n) is 4.21. The molecule has 2 atom stereocenters. The Morgan fingerprint density at radius 2 is 1.96 bits per heavy atom. The highest BCUT2D eigenvalue weighted by atomic mass is 16.1. The number of carbonyl (C=O) groups is 1. The van der Waals surface area contributed by atoms with E-state index in [4.69, 9.17) is 0 Å². The smallest absolute Gasteiger partial charge is 0.251 e. The second-order valence-electron chi connectivity index (χ2n) is 7.29. The molecule has 2 aromatic carbocycles. The van der Waals surface area contributed by atoms with Crippen molar-refractivity contribution in [3.05, 3.63) is 70.3 Å². The number of amides is 1. The molecule has 0 unspecified atom stereocenters. The van der Waals surface area contributed by atoms with Crippen molar-refractivity contribution in [3.63, 3.8) is 0 Å². The Morgan fingerprint density at radius 1 is 1.12 bits per heavy atom. The minimum absolute atomic E-state index is 0.0843. The Morgan fingerprint density at radius 3 is 2.83 bits per heavy atom. The van der Waals surface area contributed by atoms with Crippen LogP contribution in [0.5, 0.6) is 0 Å². The molecule has 0 bridgehead atoms.